The van der Waals surface area contributed by atoms with E-state index in [9.17, 15) is 14.0 Å². The summed E-state index contributed by atoms with van der Waals surface area (Å²) in [6.07, 6.45) is 2.18. The number of hydrogen-bond donors (Lipinski definition) is 3. The molecule has 1 fully saturated rings. The first kappa shape index (κ1) is 22.3. The number of urea groups is 1. The van der Waals surface area contributed by atoms with Crippen LogP contribution < -0.4 is 20.9 Å². The van der Waals surface area contributed by atoms with Crippen molar-refractivity contribution >= 4 is 29.0 Å². The van der Waals surface area contributed by atoms with E-state index in [0.29, 0.717) is 22.5 Å². The zero-order valence-electron chi connectivity index (χ0n) is 18.5. The van der Waals surface area contributed by atoms with Gasteiger partial charge in [-0.15, -0.1) is 0 Å². The average Bonchev–Trinajstić information content (AvgIpc) is 3.34. The summed E-state index contributed by atoms with van der Waals surface area (Å²) < 4.78 is 13.4. The van der Waals surface area contributed by atoms with E-state index >= 15 is 0 Å². The molecule has 4 rings (SSSR count). The highest BCUT2D eigenvalue weighted by Crippen LogP contribution is 2.30. The summed E-state index contributed by atoms with van der Waals surface area (Å²) in [5, 5.41) is 8.55. The van der Waals surface area contributed by atoms with Crippen LogP contribution in [-0.4, -0.2) is 25.0 Å². The summed E-state index contributed by atoms with van der Waals surface area (Å²) in [4.78, 5) is 27.6. The number of halogens is 1. The van der Waals surface area contributed by atoms with Crippen molar-refractivity contribution < 1.29 is 14.0 Å². The first-order chi connectivity index (χ1) is 16.0. The molecule has 0 aliphatic carbocycles. The maximum atomic E-state index is 13.4. The second-order valence-electron chi connectivity index (χ2n) is 8.18. The predicted octanol–water partition coefficient (Wildman–Crippen LogP) is 5.31. The lowest BCUT2D eigenvalue weighted by molar-refractivity contribution is 0.0951. The fourth-order valence-corrected chi connectivity index (χ4v) is 3.86. The van der Waals surface area contributed by atoms with Crippen molar-refractivity contribution in [3.63, 3.8) is 0 Å². The normalized spacial score (nSPS) is 13.0. The van der Waals surface area contributed by atoms with Gasteiger partial charge in [0.2, 0.25) is 0 Å². The predicted molar refractivity (Wildman–Crippen MR) is 129 cm³/mol. The van der Waals surface area contributed by atoms with Gasteiger partial charge in [0.25, 0.3) is 5.91 Å². The number of anilines is 3. The lowest BCUT2D eigenvalue weighted by Crippen LogP contribution is -2.26. The molecule has 0 bridgehead atoms. The van der Waals surface area contributed by atoms with E-state index in [1.807, 2.05) is 37.3 Å². The molecule has 1 aliphatic heterocycles. The van der Waals surface area contributed by atoms with Crippen LogP contribution in [0.25, 0.3) is 0 Å². The molecule has 3 N–H and O–H groups in total. The highest BCUT2D eigenvalue weighted by Gasteiger charge is 2.19. The molecule has 6 nitrogen and oxygen atoms in total. The molecule has 33 heavy (non-hydrogen) atoms. The molecule has 3 aromatic rings. The molecule has 1 aliphatic rings. The number of amides is 3. The number of rotatable bonds is 6. The second kappa shape index (κ2) is 10.2. The van der Waals surface area contributed by atoms with Gasteiger partial charge in [-0.3, -0.25) is 4.79 Å². The summed E-state index contributed by atoms with van der Waals surface area (Å²) in [7, 11) is 0. The molecule has 0 atom stereocenters. The van der Waals surface area contributed by atoms with Gasteiger partial charge in [0.05, 0.1) is 11.4 Å². The first-order valence-corrected chi connectivity index (χ1v) is 11.0. The first-order valence-electron chi connectivity index (χ1n) is 11.0. The monoisotopic (exact) mass is 446 g/mol. The van der Waals surface area contributed by atoms with Gasteiger partial charge in [0, 0.05) is 30.9 Å². The lowest BCUT2D eigenvalue weighted by atomic mass is 10.1. The molecule has 0 unspecified atom stereocenters. The molecule has 170 valence electrons. The highest BCUT2D eigenvalue weighted by molar-refractivity contribution is 6.04. The number of nitrogens with one attached hydrogen (secondary N) is 3. The van der Waals surface area contributed by atoms with E-state index in [1.165, 1.54) is 12.1 Å². The molecular formula is C26H27FN4O2. The molecular weight excluding hydrogens is 419 g/mol. The Bertz CT molecular complexity index is 1140. The molecule has 3 amide bonds. The van der Waals surface area contributed by atoms with Crippen LogP contribution in [0.5, 0.6) is 0 Å². The topological polar surface area (TPSA) is 73.5 Å². The van der Waals surface area contributed by atoms with Crippen LogP contribution in [-0.2, 0) is 6.54 Å². The fourth-order valence-electron chi connectivity index (χ4n) is 3.86. The minimum absolute atomic E-state index is 0.209. The van der Waals surface area contributed by atoms with Crippen molar-refractivity contribution in [3.8, 4) is 0 Å². The fraction of sp³-hybridized carbons (Fsp3) is 0.231. The van der Waals surface area contributed by atoms with Gasteiger partial charge in [-0.25, -0.2) is 9.18 Å². The highest BCUT2D eigenvalue weighted by atomic mass is 19.1. The minimum Gasteiger partial charge on any atom is -0.370 e. The summed E-state index contributed by atoms with van der Waals surface area (Å²) in [5.41, 5.74) is 4.33. The second-order valence-corrected chi connectivity index (χ2v) is 8.18. The SMILES string of the molecule is Cc1ccc(NC(=O)Nc2cc(C(=O)NCc3cccc(F)c3)ccc2N2CCCC2)cc1. The third kappa shape index (κ3) is 5.88. The summed E-state index contributed by atoms with van der Waals surface area (Å²) in [5.74, 6) is -0.642. The van der Waals surface area contributed by atoms with Gasteiger partial charge < -0.3 is 20.9 Å². The summed E-state index contributed by atoms with van der Waals surface area (Å²) >= 11 is 0. The number of hydrogen-bond acceptors (Lipinski definition) is 3. The van der Waals surface area contributed by atoms with Gasteiger partial charge in [0.1, 0.15) is 5.82 Å². The quantitative estimate of drug-likeness (QED) is 0.481. The van der Waals surface area contributed by atoms with E-state index in [1.54, 1.807) is 24.3 Å². The zero-order valence-corrected chi connectivity index (χ0v) is 18.5. The zero-order chi connectivity index (χ0) is 23.2. The number of carbonyl (C=O) groups is 2. The van der Waals surface area contributed by atoms with Crippen LogP contribution in [0.1, 0.15) is 34.3 Å². The number of aryl methyl sites for hydroxylation is 1. The Morgan fingerprint density at radius 1 is 0.939 bits per heavy atom. The maximum Gasteiger partial charge on any atom is 0.323 e. The van der Waals surface area contributed by atoms with Crippen LogP contribution in [0.2, 0.25) is 0 Å². The minimum atomic E-state index is -0.378. The molecule has 3 aromatic carbocycles. The Kier molecular flexibility index (Phi) is 6.88. The standard InChI is InChI=1S/C26H27FN4O2/c1-18-7-10-22(11-8-18)29-26(33)30-23-16-20(9-12-24(23)31-13-2-3-14-31)25(32)28-17-19-5-4-6-21(27)15-19/h4-12,15-16H,2-3,13-14,17H2,1H3,(H,28,32)(H2,29,30,33). The number of benzene rings is 3. The summed E-state index contributed by atoms with van der Waals surface area (Å²) in [6.45, 7) is 4.00. The molecule has 0 saturated carbocycles. The number of carbonyl (C=O) groups excluding carboxylic acids is 2. The molecule has 1 heterocycles. The lowest BCUT2D eigenvalue weighted by Gasteiger charge is -2.22. The van der Waals surface area contributed by atoms with Gasteiger partial charge in [-0.05, 0) is 67.8 Å². The van der Waals surface area contributed by atoms with E-state index in [2.05, 4.69) is 20.9 Å². The van der Waals surface area contributed by atoms with Crippen molar-refractivity contribution in [1.82, 2.24) is 5.32 Å². The van der Waals surface area contributed by atoms with Crippen molar-refractivity contribution in [2.45, 2.75) is 26.3 Å². The van der Waals surface area contributed by atoms with Crippen LogP contribution in [0, 0.1) is 12.7 Å². The van der Waals surface area contributed by atoms with Crippen LogP contribution in [0.3, 0.4) is 0 Å². The molecule has 1 saturated heterocycles. The van der Waals surface area contributed by atoms with Gasteiger partial charge in [-0.1, -0.05) is 29.8 Å². The summed E-state index contributed by atoms with van der Waals surface area (Å²) in [6, 6.07) is 18.6. The van der Waals surface area contributed by atoms with Gasteiger partial charge in [0.15, 0.2) is 0 Å². The van der Waals surface area contributed by atoms with E-state index in [4.69, 9.17) is 0 Å². The van der Waals surface area contributed by atoms with Crippen molar-refractivity contribution in [2.75, 3.05) is 28.6 Å². The Hall–Kier alpha value is -3.87. The van der Waals surface area contributed by atoms with Gasteiger partial charge >= 0.3 is 6.03 Å². The maximum absolute atomic E-state index is 13.4. The molecule has 7 heteroatoms. The third-order valence-corrected chi connectivity index (χ3v) is 5.61. The van der Waals surface area contributed by atoms with Crippen LogP contribution >= 0.6 is 0 Å². The smallest absolute Gasteiger partial charge is 0.323 e. The average molecular weight is 447 g/mol. The Labute approximate surface area is 192 Å². The molecule has 0 radical (unpaired) electrons. The molecule has 0 aromatic heterocycles. The van der Waals surface area contributed by atoms with E-state index in [-0.39, 0.29) is 24.3 Å². The Morgan fingerprint density at radius 2 is 1.70 bits per heavy atom. The Morgan fingerprint density at radius 3 is 2.42 bits per heavy atom. The largest absolute Gasteiger partial charge is 0.370 e. The van der Waals surface area contributed by atoms with Crippen molar-refractivity contribution in [1.29, 1.82) is 0 Å². The van der Waals surface area contributed by atoms with Crippen molar-refractivity contribution in [2.24, 2.45) is 0 Å². The van der Waals surface area contributed by atoms with E-state index in [0.717, 1.165) is 37.2 Å². The third-order valence-electron chi connectivity index (χ3n) is 5.61. The molecule has 0 spiro atoms. The Balaban J connectivity index is 1.50. The van der Waals surface area contributed by atoms with Crippen LogP contribution in [0.4, 0.5) is 26.2 Å². The van der Waals surface area contributed by atoms with Crippen molar-refractivity contribution in [3.05, 3.63) is 89.2 Å². The number of nitrogens with zero attached hydrogens (tertiary/aromatic N) is 1. The van der Waals surface area contributed by atoms with Crippen LogP contribution in [0.15, 0.2) is 66.7 Å². The van der Waals surface area contributed by atoms with Gasteiger partial charge in [-0.2, -0.15) is 0 Å². The van der Waals surface area contributed by atoms with E-state index < -0.39 is 0 Å².